The lowest BCUT2D eigenvalue weighted by atomic mass is 10.0. The van der Waals surface area contributed by atoms with Gasteiger partial charge in [0.2, 0.25) is 11.8 Å². The molecule has 2 N–H and O–H groups in total. The molecule has 6 nitrogen and oxygen atoms in total. The van der Waals surface area contributed by atoms with E-state index in [1.54, 1.807) is 18.2 Å². The number of Topliss-reactive ketones (excluding diaryl/α,β-unsaturated/α-hetero) is 1. The monoisotopic (exact) mass is 421 g/mol. The van der Waals surface area contributed by atoms with E-state index < -0.39 is 0 Å². The van der Waals surface area contributed by atoms with Crippen LogP contribution in [0.15, 0.2) is 47.8 Å². The van der Waals surface area contributed by atoms with Gasteiger partial charge in [0, 0.05) is 42.0 Å². The summed E-state index contributed by atoms with van der Waals surface area (Å²) in [5.41, 5.74) is 5.15. The van der Waals surface area contributed by atoms with Gasteiger partial charge in [0.1, 0.15) is 0 Å². The Labute approximate surface area is 179 Å². The van der Waals surface area contributed by atoms with Crippen molar-refractivity contribution >= 4 is 39.8 Å². The highest BCUT2D eigenvalue weighted by molar-refractivity contribution is 7.14. The quantitative estimate of drug-likeness (QED) is 0.526. The molecule has 0 aliphatic rings. The van der Waals surface area contributed by atoms with Crippen molar-refractivity contribution in [3.63, 3.8) is 0 Å². The van der Waals surface area contributed by atoms with Crippen LogP contribution in [-0.2, 0) is 9.59 Å². The number of thiazole rings is 1. The fourth-order valence-corrected chi connectivity index (χ4v) is 3.60. The maximum atomic E-state index is 12.3. The van der Waals surface area contributed by atoms with Gasteiger partial charge in [-0.05, 0) is 43.2 Å². The van der Waals surface area contributed by atoms with Crippen LogP contribution in [0.25, 0.3) is 11.3 Å². The van der Waals surface area contributed by atoms with Crippen LogP contribution in [-0.4, -0.2) is 22.6 Å². The van der Waals surface area contributed by atoms with Crippen molar-refractivity contribution in [2.75, 3.05) is 10.6 Å². The number of carbonyl (C=O) groups excluding carboxylic acids is 3. The average molecular weight is 422 g/mol. The molecular formula is C23H23N3O3S. The van der Waals surface area contributed by atoms with Crippen molar-refractivity contribution in [2.45, 2.75) is 33.6 Å². The number of aryl methyl sites for hydroxylation is 2. The number of ketones is 1. The number of carbonyl (C=O) groups is 3. The number of amides is 2. The Kier molecular flexibility index (Phi) is 6.74. The standard InChI is InChI=1S/C23H23N3O3S/c1-14-4-5-18(12-15(14)2)21(28)10-11-22(29)26-23-25-20(13-30-23)17-6-8-19(9-7-17)24-16(3)27/h4-9,12-13H,10-11H2,1-3H3,(H,24,27)(H,25,26,29). The molecule has 0 radical (unpaired) electrons. The summed E-state index contributed by atoms with van der Waals surface area (Å²) >= 11 is 1.32. The first-order chi connectivity index (χ1) is 14.3. The summed E-state index contributed by atoms with van der Waals surface area (Å²) < 4.78 is 0. The van der Waals surface area contributed by atoms with E-state index in [-0.39, 0.29) is 30.4 Å². The maximum Gasteiger partial charge on any atom is 0.226 e. The second kappa shape index (κ2) is 9.45. The fourth-order valence-electron chi connectivity index (χ4n) is 2.86. The largest absolute Gasteiger partial charge is 0.326 e. The summed E-state index contributed by atoms with van der Waals surface area (Å²) in [6.45, 7) is 5.42. The zero-order valence-electron chi connectivity index (χ0n) is 17.1. The summed E-state index contributed by atoms with van der Waals surface area (Å²) in [6.07, 6.45) is 0.253. The normalized spacial score (nSPS) is 10.5. The lowest BCUT2D eigenvalue weighted by molar-refractivity contribution is -0.116. The number of anilines is 2. The minimum absolute atomic E-state index is 0.0488. The highest BCUT2D eigenvalue weighted by Gasteiger charge is 2.12. The fraction of sp³-hybridized carbons (Fsp3) is 0.217. The second-order valence-electron chi connectivity index (χ2n) is 7.07. The molecular weight excluding hydrogens is 398 g/mol. The number of rotatable bonds is 7. The van der Waals surface area contributed by atoms with E-state index in [1.807, 2.05) is 43.5 Å². The SMILES string of the molecule is CC(=O)Nc1ccc(-c2csc(NC(=O)CCC(=O)c3ccc(C)c(C)c3)n2)cc1. The summed E-state index contributed by atoms with van der Waals surface area (Å²) in [6, 6.07) is 12.9. The molecule has 1 heterocycles. The third kappa shape index (κ3) is 5.61. The molecule has 2 amide bonds. The highest BCUT2D eigenvalue weighted by Crippen LogP contribution is 2.26. The molecule has 3 rings (SSSR count). The van der Waals surface area contributed by atoms with Gasteiger partial charge in [-0.3, -0.25) is 14.4 Å². The van der Waals surface area contributed by atoms with Crippen LogP contribution in [0.1, 0.15) is 41.3 Å². The Bertz CT molecular complexity index is 1090. The predicted molar refractivity (Wildman–Crippen MR) is 120 cm³/mol. The number of aromatic nitrogens is 1. The molecule has 0 saturated carbocycles. The lowest BCUT2D eigenvalue weighted by Crippen LogP contribution is -2.13. The highest BCUT2D eigenvalue weighted by atomic mass is 32.1. The third-order valence-electron chi connectivity index (χ3n) is 4.66. The van der Waals surface area contributed by atoms with E-state index in [9.17, 15) is 14.4 Å². The van der Waals surface area contributed by atoms with Crippen LogP contribution >= 0.6 is 11.3 Å². The number of benzene rings is 2. The lowest BCUT2D eigenvalue weighted by Gasteiger charge is -2.05. The summed E-state index contributed by atoms with van der Waals surface area (Å²) in [5.74, 6) is -0.418. The third-order valence-corrected chi connectivity index (χ3v) is 5.42. The Hall–Kier alpha value is -3.32. The Balaban J connectivity index is 1.55. The van der Waals surface area contributed by atoms with E-state index >= 15 is 0 Å². The zero-order valence-corrected chi connectivity index (χ0v) is 17.9. The molecule has 0 saturated heterocycles. The first-order valence-electron chi connectivity index (χ1n) is 9.55. The minimum Gasteiger partial charge on any atom is -0.326 e. The van der Waals surface area contributed by atoms with Gasteiger partial charge >= 0.3 is 0 Å². The van der Waals surface area contributed by atoms with Gasteiger partial charge < -0.3 is 10.6 Å². The van der Waals surface area contributed by atoms with Crippen LogP contribution in [0.2, 0.25) is 0 Å². The van der Waals surface area contributed by atoms with Crippen LogP contribution in [0.3, 0.4) is 0 Å². The minimum atomic E-state index is -0.242. The van der Waals surface area contributed by atoms with Crippen LogP contribution in [0.4, 0.5) is 10.8 Å². The molecule has 0 fully saturated rings. The Morgan fingerprint density at radius 1 is 0.933 bits per heavy atom. The second-order valence-corrected chi connectivity index (χ2v) is 7.92. The van der Waals surface area contributed by atoms with Crippen molar-refractivity contribution in [1.82, 2.24) is 4.98 Å². The number of nitrogens with zero attached hydrogens (tertiary/aromatic N) is 1. The smallest absolute Gasteiger partial charge is 0.226 e. The molecule has 154 valence electrons. The predicted octanol–water partition coefficient (Wildman–Crippen LogP) is 4.99. The van der Waals surface area contributed by atoms with Gasteiger partial charge in [-0.15, -0.1) is 11.3 Å². The molecule has 0 aliphatic heterocycles. The molecule has 0 spiro atoms. The molecule has 3 aromatic rings. The van der Waals surface area contributed by atoms with Crippen molar-refractivity contribution in [3.05, 3.63) is 64.5 Å². The van der Waals surface area contributed by atoms with Crippen molar-refractivity contribution in [2.24, 2.45) is 0 Å². The van der Waals surface area contributed by atoms with Gasteiger partial charge in [-0.2, -0.15) is 0 Å². The maximum absolute atomic E-state index is 12.3. The van der Waals surface area contributed by atoms with E-state index in [4.69, 9.17) is 0 Å². The molecule has 2 aromatic carbocycles. The van der Waals surface area contributed by atoms with Crippen LogP contribution in [0, 0.1) is 13.8 Å². The van der Waals surface area contributed by atoms with Gasteiger partial charge in [0.25, 0.3) is 0 Å². The molecule has 7 heteroatoms. The molecule has 0 aliphatic carbocycles. The summed E-state index contributed by atoms with van der Waals surface area (Å²) in [7, 11) is 0. The Morgan fingerprint density at radius 3 is 2.33 bits per heavy atom. The van der Waals surface area contributed by atoms with Crippen molar-refractivity contribution < 1.29 is 14.4 Å². The van der Waals surface area contributed by atoms with E-state index in [2.05, 4.69) is 15.6 Å². The number of hydrogen-bond acceptors (Lipinski definition) is 5. The molecule has 1 aromatic heterocycles. The van der Waals surface area contributed by atoms with Gasteiger partial charge in [-0.25, -0.2) is 4.98 Å². The van der Waals surface area contributed by atoms with Crippen molar-refractivity contribution in [3.8, 4) is 11.3 Å². The van der Waals surface area contributed by atoms with Gasteiger partial charge in [0.15, 0.2) is 10.9 Å². The first-order valence-corrected chi connectivity index (χ1v) is 10.4. The molecule has 0 atom stereocenters. The number of nitrogens with one attached hydrogen (secondary N) is 2. The van der Waals surface area contributed by atoms with E-state index in [1.165, 1.54) is 18.3 Å². The van der Waals surface area contributed by atoms with Crippen LogP contribution < -0.4 is 10.6 Å². The Morgan fingerprint density at radius 2 is 1.67 bits per heavy atom. The average Bonchev–Trinajstić information content (AvgIpc) is 3.16. The van der Waals surface area contributed by atoms with E-state index in [0.29, 0.717) is 16.4 Å². The van der Waals surface area contributed by atoms with Gasteiger partial charge in [0.05, 0.1) is 5.69 Å². The summed E-state index contributed by atoms with van der Waals surface area (Å²) in [4.78, 5) is 40.1. The molecule has 0 bridgehead atoms. The number of hydrogen-bond donors (Lipinski definition) is 2. The topological polar surface area (TPSA) is 88.2 Å². The summed E-state index contributed by atoms with van der Waals surface area (Å²) in [5, 5.41) is 7.81. The first kappa shape index (κ1) is 21.4. The van der Waals surface area contributed by atoms with Crippen molar-refractivity contribution in [1.29, 1.82) is 0 Å². The van der Waals surface area contributed by atoms with E-state index in [0.717, 1.165) is 22.4 Å². The van der Waals surface area contributed by atoms with Gasteiger partial charge in [-0.1, -0.05) is 24.3 Å². The molecule has 0 unspecified atom stereocenters. The molecule has 30 heavy (non-hydrogen) atoms. The van der Waals surface area contributed by atoms with Crippen LogP contribution in [0.5, 0.6) is 0 Å². The zero-order chi connectivity index (χ0) is 21.7.